The van der Waals surface area contributed by atoms with E-state index >= 15 is 0 Å². The van der Waals surface area contributed by atoms with Crippen LogP contribution in [0.1, 0.15) is 91.9 Å². The fraction of sp³-hybridized carbons (Fsp3) is 0.154. The molecule has 1 saturated carbocycles. The monoisotopic (exact) mass is 1070 g/mol. The first-order valence-corrected chi connectivity index (χ1v) is 29.7. The van der Waals surface area contributed by atoms with Crippen molar-refractivity contribution in [3.05, 3.63) is 281 Å². The summed E-state index contributed by atoms with van der Waals surface area (Å²) >= 11 is 0. The van der Waals surface area contributed by atoms with Crippen molar-refractivity contribution in [1.82, 2.24) is 9.13 Å². The second-order valence-electron chi connectivity index (χ2n) is 25.1. The minimum absolute atomic E-state index is 0.241. The molecule has 4 nitrogen and oxygen atoms in total. The number of nitrogens with two attached hydrogens (primary N) is 1. The van der Waals surface area contributed by atoms with E-state index in [0.717, 1.165) is 104 Å². The molecular formula is C78H60BN3O. The van der Waals surface area contributed by atoms with Gasteiger partial charge in [-0.2, -0.15) is 0 Å². The standard InChI is InChI=1S/C78H60BN3O/c1-75(2,3)53-26-20-43-78-70-64(36-19-37-65(70)83-66-39-38-59-56-29-13-14-34-62(56)82(67(80)47-53)73(59)71(66)78)81-63-35-18-30-57-54-27-11-12-28-55(54)58-31-17-32-61(76(79)40-15-6-16-41-76)69(58)77(72(68(57)63)74(78)81)42-21-33-60(77)52-45-50(48-22-7-4-8-23-48)44-51(46-52)49-24-9-5-10-25-49/h4-5,7-14,17-39,42-47H,6,15-16,40-41,80H2,1-3H3/b43-20+,53-26+,67-47+. The van der Waals surface area contributed by atoms with Crippen molar-refractivity contribution in [3.8, 4) is 61.7 Å². The van der Waals surface area contributed by atoms with Gasteiger partial charge in [0.05, 0.1) is 40.9 Å². The summed E-state index contributed by atoms with van der Waals surface area (Å²) in [5.74, 6) is 2.32. The summed E-state index contributed by atoms with van der Waals surface area (Å²) < 4.78 is 12.4. The van der Waals surface area contributed by atoms with E-state index < -0.39 is 16.1 Å². The van der Waals surface area contributed by atoms with Crippen molar-refractivity contribution in [2.24, 2.45) is 11.1 Å². The maximum absolute atomic E-state index is 8.23. The second kappa shape index (κ2) is 17.4. The quantitative estimate of drug-likeness (QED) is 0.179. The lowest BCUT2D eigenvalue weighted by molar-refractivity contribution is 0.395. The molecule has 5 heteroatoms. The zero-order chi connectivity index (χ0) is 55.6. The number of para-hydroxylation sites is 1. The van der Waals surface area contributed by atoms with Crippen molar-refractivity contribution in [2.75, 3.05) is 0 Å². The molecule has 17 rings (SSSR count). The summed E-state index contributed by atoms with van der Waals surface area (Å²) in [7, 11) is 8.23. The third-order valence-electron chi connectivity index (χ3n) is 19.6. The summed E-state index contributed by atoms with van der Waals surface area (Å²) in [5.41, 5.74) is 30.0. The molecule has 396 valence electrons. The normalized spacial score (nSPS) is 21.2. The number of hydrogen-bond acceptors (Lipinski definition) is 2. The molecule has 0 saturated heterocycles. The van der Waals surface area contributed by atoms with E-state index in [-0.39, 0.29) is 5.41 Å². The van der Waals surface area contributed by atoms with E-state index in [0.29, 0.717) is 5.82 Å². The van der Waals surface area contributed by atoms with E-state index in [1.54, 1.807) is 0 Å². The maximum Gasteiger partial charge on any atom is 0.134 e. The van der Waals surface area contributed by atoms with Crippen molar-refractivity contribution >= 4 is 51.9 Å². The Kier molecular flexibility index (Phi) is 10.1. The van der Waals surface area contributed by atoms with Crippen molar-refractivity contribution in [1.29, 1.82) is 0 Å². The first kappa shape index (κ1) is 48.4. The Hall–Kier alpha value is -9.32. The van der Waals surface area contributed by atoms with Crippen LogP contribution in [0.15, 0.2) is 242 Å². The fourth-order valence-corrected chi connectivity index (χ4v) is 16.1. The molecule has 2 spiro atoms. The fourth-order valence-electron chi connectivity index (χ4n) is 16.1. The van der Waals surface area contributed by atoms with Gasteiger partial charge in [-0.3, -0.25) is 4.57 Å². The summed E-state index contributed by atoms with van der Waals surface area (Å²) in [4.78, 5) is 0. The van der Waals surface area contributed by atoms with E-state index in [2.05, 4.69) is 267 Å². The average molecular weight is 1070 g/mol. The molecule has 2 unspecified atom stereocenters. The highest BCUT2D eigenvalue weighted by Crippen LogP contribution is 2.68. The van der Waals surface area contributed by atoms with Gasteiger partial charge in [0.15, 0.2) is 0 Å². The highest BCUT2D eigenvalue weighted by molar-refractivity contribution is 6.18. The molecule has 0 bridgehead atoms. The maximum atomic E-state index is 8.23. The Morgan fingerprint density at radius 1 is 0.494 bits per heavy atom. The van der Waals surface area contributed by atoms with Crippen LogP contribution in [-0.4, -0.2) is 17.0 Å². The van der Waals surface area contributed by atoms with E-state index in [1.807, 2.05) is 0 Å². The van der Waals surface area contributed by atoms with Gasteiger partial charge in [-0.15, -0.1) is 0 Å². The van der Waals surface area contributed by atoms with Crippen molar-refractivity contribution in [3.63, 3.8) is 0 Å². The van der Waals surface area contributed by atoms with Gasteiger partial charge in [-0.25, -0.2) is 0 Å². The highest BCUT2D eigenvalue weighted by atomic mass is 16.5. The lowest BCUT2D eigenvalue weighted by Crippen LogP contribution is -2.39. The molecule has 0 amide bonds. The highest BCUT2D eigenvalue weighted by Gasteiger charge is 2.59. The van der Waals surface area contributed by atoms with E-state index in [4.69, 9.17) is 18.3 Å². The largest absolute Gasteiger partial charge is 0.457 e. The SMILES string of the molecule is [B]C1(c2cccc3c2C2(C=CC=C2c2cc(-c4ccccc4)cc(-c4ccccc4)c2)c2c4n(c5cccc(c25)-c2ccccc2-3)-c2cccc3c2C42/C=C/C=C(C(C)(C)C)\C=C(/N)n4c5ccccc5c5ccc(c2c54)O3)CCCCC1. The first-order chi connectivity index (χ1) is 40.6. The predicted molar refractivity (Wildman–Crippen MR) is 344 cm³/mol. The Labute approximate surface area is 486 Å². The summed E-state index contributed by atoms with van der Waals surface area (Å²) in [6.45, 7) is 6.85. The molecule has 83 heavy (non-hydrogen) atoms. The smallest absolute Gasteiger partial charge is 0.134 e. The minimum Gasteiger partial charge on any atom is -0.457 e. The zero-order valence-electron chi connectivity index (χ0n) is 47.0. The number of allylic oxidation sites excluding steroid dienone is 9. The summed E-state index contributed by atoms with van der Waals surface area (Å²) in [6, 6.07) is 72.4. The number of aromatic nitrogens is 2. The molecule has 2 aromatic heterocycles. The molecule has 5 heterocycles. The van der Waals surface area contributed by atoms with Crippen LogP contribution in [0.5, 0.6) is 11.5 Å². The number of benzene rings is 9. The van der Waals surface area contributed by atoms with Gasteiger partial charge >= 0.3 is 0 Å². The van der Waals surface area contributed by atoms with Crippen LogP contribution in [0.4, 0.5) is 0 Å². The molecule has 9 aromatic carbocycles. The summed E-state index contributed by atoms with van der Waals surface area (Å²) in [6.07, 6.45) is 21.9. The number of nitrogens with zero attached hydrogens (tertiary/aromatic N) is 2. The van der Waals surface area contributed by atoms with Crippen LogP contribution in [0.25, 0.3) is 94.3 Å². The number of ether oxygens (including phenoxy) is 1. The van der Waals surface area contributed by atoms with Crippen molar-refractivity contribution in [2.45, 2.75) is 69.0 Å². The van der Waals surface area contributed by atoms with Crippen molar-refractivity contribution < 1.29 is 4.74 Å². The van der Waals surface area contributed by atoms with E-state index in [1.165, 1.54) is 73.1 Å². The Morgan fingerprint density at radius 2 is 1.11 bits per heavy atom. The van der Waals surface area contributed by atoms with Crippen LogP contribution in [0.2, 0.25) is 0 Å². The van der Waals surface area contributed by atoms with Crippen LogP contribution in [0.3, 0.4) is 0 Å². The zero-order valence-corrected chi connectivity index (χ0v) is 47.0. The van der Waals surface area contributed by atoms with Crippen LogP contribution in [0, 0.1) is 5.41 Å². The molecule has 1 fully saturated rings. The van der Waals surface area contributed by atoms with Crippen LogP contribution < -0.4 is 10.5 Å². The first-order valence-electron chi connectivity index (χ1n) is 29.7. The third-order valence-corrected chi connectivity index (χ3v) is 19.6. The molecule has 2 N–H and O–H groups in total. The Bertz CT molecular complexity index is 4740. The van der Waals surface area contributed by atoms with Gasteiger partial charge in [0.25, 0.3) is 0 Å². The molecule has 2 atom stereocenters. The van der Waals surface area contributed by atoms with Gasteiger partial charge in [0.1, 0.15) is 17.3 Å². The van der Waals surface area contributed by atoms with E-state index in [9.17, 15) is 0 Å². The number of fused-ring (bicyclic) bond motifs is 13. The Morgan fingerprint density at radius 3 is 1.87 bits per heavy atom. The molecule has 3 aliphatic heterocycles. The average Bonchev–Trinajstić information content (AvgIpc) is 1.55. The van der Waals surface area contributed by atoms with Gasteiger partial charge in [-0.05, 0) is 144 Å². The Balaban J connectivity index is 1.11. The lowest BCUT2D eigenvalue weighted by Gasteiger charge is -2.45. The van der Waals surface area contributed by atoms with Gasteiger partial charge in [0, 0.05) is 38.5 Å². The van der Waals surface area contributed by atoms with Gasteiger partial charge in [0.2, 0.25) is 0 Å². The topological polar surface area (TPSA) is 45.1 Å². The number of hydrogen-bond donors (Lipinski definition) is 1. The summed E-state index contributed by atoms with van der Waals surface area (Å²) in [5, 5.41) is 2.89. The molecule has 6 aliphatic rings. The van der Waals surface area contributed by atoms with Gasteiger partial charge < -0.3 is 15.0 Å². The minimum atomic E-state index is -0.970. The second-order valence-corrected chi connectivity index (χ2v) is 25.1. The molecule has 2 radical (unpaired) electrons. The van der Waals surface area contributed by atoms with Crippen LogP contribution in [-0.2, 0) is 16.1 Å². The lowest BCUT2D eigenvalue weighted by atomic mass is 9.51. The number of rotatable bonds is 4. The van der Waals surface area contributed by atoms with Crippen LogP contribution >= 0.6 is 0 Å². The predicted octanol–water partition coefficient (Wildman–Crippen LogP) is 19.0. The molecule has 11 aromatic rings. The third kappa shape index (κ3) is 6.54. The molecule has 3 aliphatic carbocycles. The van der Waals surface area contributed by atoms with Gasteiger partial charge in [-0.1, -0.05) is 229 Å². The molecular weight excluding hydrogens is 1010 g/mol.